The standard InChI is InChI=1S/C15H26N2O/c1-3-17(10-11-18-4-2)15(13-16)12-14-8-6-5-7-9-14/h5-9,15H,3-4,10-13,16H2,1-2H3. The van der Waals surface area contributed by atoms with E-state index in [1.165, 1.54) is 5.56 Å². The molecule has 0 saturated heterocycles. The van der Waals surface area contributed by atoms with Gasteiger partial charge in [-0.2, -0.15) is 0 Å². The Bertz CT molecular complexity index is 303. The molecule has 102 valence electrons. The number of rotatable bonds is 9. The van der Waals surface area contributed by atoms with Gasteiger partial charge in [0.15, 0.2) is 0 Å². The van der Waals surface area contributed by atoms with Gasteiger partial charge in [0.2, 0.25) is 0 Å². The van der Waals surface area contributed by atoms with E-state index in [2.05, 4.69) is 36.1 Å². The number of hydrogen-bond donors (Lipinski definition) is 1. The van der Waals surface area contributed by atoms with Crippen LogP contribution in [0.25, 0.3) is 0 Å². The summed E-state index contributed by atoms with van der Waals surface area (Å²) in [5.41, 5.74) is 7.27. The van der Waals surface area contributed by atoms with E-state index >= 15 is 0 Å². The summed E-state index contributed by atoms with van der Waals surface area (Å²) in [4.78, 5) is 2.41. The van der Waals surface area contributed by atoms with Crippen molar-refractivity contribution < 1.29 is 4.74 Å². The van der Waals surface area contributed by atoms with E-state index < -0.39 is 0 Å². The van der Waals surface area contributed by atoms with Crippen molar-refractivity contribution >= 4 is 0 Å². The van der Waals surface area contributed by atoms with E-state index in [9.17, 15) is 0 Å². The number of nitrogens with zero attached hydrogens (tertiary/aromatic N) is 1. The van der Waals surface area contributed by atoms with Gasteiger partial charge in [-0.1, -0.05) is 37.3 Å². The van der Waals surface area contributed by atoms with Gasteiger partial charge in [-0.25, -0.2) is 0 Å². The summed E-state index contributed by atoms with van der Waals surface area (Å²) in [6.07, 6.45) is 1.01. The second-order valence-electron chi connectivity index (χ2n) is 4.40. The van der Waals surface area contributed by atoms with Crippen LogP contribution in [0.3, 0.4) is 0 Å². The van der Waals surface area contributed by atoms with Crippen LogP contribution in [0.15, 0.2) is 30.3 Å². The normalized spacial score (nSPS) is 12.9. The van der Waals surface area contributed by atoms with Crippen molar-refractivity contribution in [2.75, 3.05) is 32.8 Å². The molecule has 1 rings (SSSR count). The molecular weight excluding hydrogens is 224 g/mol. The predicted octanol–water partition coefficient (Wildman–Crippen LogP) is 1.91. The van der Waals surface area contributed by atoms with Crippen LogP contribution < -0.4 is 5.73 Å². The smallest absolute Gasteiger partial charge is 0.0593 e. The van der Waals surface area contributed by atoms with Gasteiger partial charge in [-0.05, 0) is 25.5 Å². The first-order chi connectivity index (χ1) is 8.81. The minimum atomic E-state index is 0.401. The first-order valence-corrected chi connectivity index (χ1v) is 6.87. The molecule has 3 heteroatoms. The number of hydrogen-bond acceptors (Lipinski definition) is 3. The lowest BCUT2D eigenvalue weighted by Gasteiger charge is -2.29. The molecule has 1 aromatic carbocycles. The van der Waals surface area contributed by atoms with Crippen molar-refractivity contribution in [3.05, 3.63) is 35.9 Å². The van der Waals surface area contributed by atoms with Crippen molar-refractivity contribution in [2.24, 2.45) is 5.73 Å². The number of likely N-dealkylation sites (N-methyl/N-ethyl adjacent to an activating group) is 1. The summed E-state index contributed by atoms with van der Waals surface area (Å²) >= 11 is 0. The molecule has 3 nitrogen and oxygen atoms in total. The molecule has 0 amide bonds. The van der Waals surface area contributed by atoms with E-state index in [0.29, 0.717) is 12.6 Å². The average Bonchev–Trinajstić information content (AvgIpc) is 2.43. The first kappa shape index (κ1) is 15.2. The van der Waals surface area contributed by atoms with E-state index in [0.717, 1.165) is 32.7 Å². The zero-order chi connectivity index (χ0) is 13.2. The second kappa shape index (κ2) is 9.09. The minimum absolute atomic E-state index is 0.401. The summed E-state index contributed by atoms with van der Waals surface area (Å²) in [7, 11) is 0. The molecule has 1 aromatic rings. The van der Waals surface area contributed by atoms with Gasteiger partial charge in [0.05, 0.1) is 6.61 Å². The van der Waals surface area contributed by atoms with Crippen LogP contribution in [0.2, 0.25) is 0 Å². The Hall–Kier alpha value is -0.900. The third-order valence-corrected chi connectivity index (χ3v) is 3.24. The molecule has 0 aliphatic heterocycles. The molecule has 0 spiro atoms. The maximum absolute atomic E-state index is 5.92. The summed E-state index contributed by atoms with van der Waals surface area (Å²) in [6.45, 7) is 8.44. The molecular formula is C15H26N2O. The predicted molar refractivity (Wildman–Crippen MR) is 76.7 cm³/mol. The van der Waals surface area contributed by atoms with Crippen LogP contribution >= 0.6 is 0 Å². The Balaban J connectivity index is 2.51. The van der Waals surface area contributed by atoms with Gasteiger partial charge < -0.3 is 10.5 Å². The highest BCUT2D eigenvalue weighted by atomic mass is 16.5. The monoisotopic (exact) mass is 250 g/mol. The Morgan fingerprint density at radius 2 is 1.94 bits per heavy atom. The Morgan fingerprint density at radius 3 is 2.50 bits per heavy atom. The van der Waals surface area contributed by atoms with Crippen LogP contribution in [-0.4, -0.2) is 43.8 Å². The van der Waals surface area contributed by atoms with Gasteiger partial charge in [0, 0.05) is 25.7 Å². The van der Waals surface area contributed by atoms with Gasteiger partial charge in [0.25, 0.3) is 0 Å². The summed E-state index contributed by atoms with van der Waals surface area (Å²) < 4.78 is 5.43. The quantitative estimate of drug-likeness (QED) is 0.680. The topological polar surface area (TPSA) is 38.5 Å². The fourth-order valence-corrected chi connectivity index (χ4v) is 2.17. The van der Waals surface area contributed by atoms with Crippen LogP contribution in [-0.2, 0) is 11.2 Å². The SMILES string of the molecule is CCOCCN(CC)C(CN)Cc1ccccc1. The molecule has 2 N–H and O–H groups in total. The molecule has 0 bridgehead atoms. The van der Waals surface area contributed by atoms with Crippen molar-refractivity contribution in [3.8, 4) is 0 Å². The number of nitrogens with two attached hydrogens (primary N) is 1. The summed E-state index contributed by atoms with van der Waals surface area (Å²) in [5.74, 6) is 0. The lowest BCUT2D eigenvalue weighted by atomic mass is 10.0. The maximum atomic E-state index is 5.92. The molecule has 0 aliphatic carbocycles. The molecule has 18 heavy (non-hydrogen) atoms. The fourth-order valence-electron chi connectivity index (χ4n) is 2.17. The molecule has 0 radical (unpaired) electrons. The van der Waals surface area contributed by atoms with E-state index in [1.807, 2.05) is 13.0 Å². The molecule has 0 aliphatic rings. The van der Waals surface area contributed by atoms with Gasteiger partial charge in [-0.15, -0.1) is 0 Å². The van der Waals surface area contributed by atoms with Gasteiger partial charge in [-0.3, -0.25) is 4.90 Å². The maximum Gasteiger partial charge on any atom is 0.0593 e. The zero-order valence-electron chi connectivity index (χ0n) is 11.6. The van der Waals surface area contributed by atoms with Crippen LogP contribution in [0.1, 0.15) is 19.4 Å². The lowest BCUT2D eigenvalue weighted by Crippen LogP contribution is -2.43. The molecule has 0 heterocycles. The van der Waals surface area contributed by atoms with Crippen molar-refractivity contribution in [2.45, 2.75) is 26.3 Å². The second-order valence-corrected chi connectivity index (χ2v) is 4.40. The van der Waals surface area contributed by atoms with Gasteiger partial charge in [0.1, 0.15) is 0 Å². The van der Waals surface area contributed by atoms with Crippen LogP contribution in [0, 0.1) is 0 Å². The zero-order valence-corrected chi connectivity index (χ0v) is 11.6. The highest BCUT2D eigenvalue weighted by Gasteiger charge is 2.15. The third kappa shape index (κ3) is 5.17. The molecule has 0 aromatic heterocycles. The summed E-state index contributed by atoms with van der Waals surface area (Å²) in [6, 6.07) is 10.9. The number of benzene rings is 1. The largest absolute Gasteiger partial charge is 0.380 e. The van der Waals surface area contributed by atoms with Crippen LogP contribution in [0.5, 0.6) is 0 Å². The van der Waals surface area contributed by atoms with E-state index in [4.69, 9.17) is 10.5 Å². The Labute approximate surface area is 111 Å². The third-order valence-electron chi connectivity index (χ3n) is 3.24. The molecule has 1 atom stereocenters. The number of ether oxygens (including phenoxy) is 1. The van der Waals surface area contributed by atoms with Crippen molar-refractivity contribution in [1.29, 1.82) is 0 Å². The Morgan fingerprint density at radius 1 is 1.22 bits per heavy atom. The fraction of sp³-hybridized carbons (Fsp3) is 0.600. The first-order valence-electron chi connectivity index (χ1n) is 6.87. The van der Waals surface area contributed by atoms with Crippen LogP contribution in [0.4, 0.5) is 0 Å². The Kier molecular flexibility index (Phi) is 7.65. The van der Waals surface area contributed by atoms with Gasteiger partial charge >= 0.3 is 0 Å². The molecule has 0 saturated carbocycles. The highest BCUT2D eigenvalue weighted by molar-refractivity contribution is 5.16. The average molecular weight is 250 g/mol. The van der Waals surface area contributed by atoms with Crippen molar-refractivity contribution in [1.82, 2.24) is 4.90 Å². The van der Waals surface area contributed by atoms with Crippen molar-refractivity contribution in [3.63, 3.8) is 0 Å². The van der Waals surface area contributed by atoms with E-state index in [-0.39, 0.29) is 0 Å². The minimum Gasteiger partial charge on any atom is -0.380 e. The van der Waals surface area contributed by atoms with E-state index in [1.54, 1.807) is 0 Å². The lowest BCUT2D eigenvalue weighted by molar-refractivity contribution is 0.0980. The summed E-state index contributed by atoms with van der Waals surface area (Å²) in [5, 5.41) is 0. The molecule has 1 unspecified atom stereocenters. The highest BCUT2D eigenvalue weighted by Crippen LogP contribution is 2.08. The molecule has 0 fully saturated rings.